The number of carbonyl (C=O) groups is 3. The van der Waals surface area contributed by atoms with E-state index in [2.05, 4.69) is 0 Å². The zero-order valence-corrected chi connectivity index (χ0v) is 15.2. The molecule has 1 aromatic rings. The van der Waals surface area contributed by atoms with Crippen LogP contribution in [0.4, 0.5) is 9.18 Å². The molecule has 0 radical (unpaired) electrons. The number of hydrogen-bond acceptors (Lipinski definition) is 3. The van der Waals surface area contributed by atoms with Crippen molar-refractivity contribution in [1.82, 2.24) is 14.7 Å². The van der Waals surface area contributed by atoms with Gasteiger partial charge in [-0.3, -0.25) is 14.5 Å². The van der Waals surface area contributed by atoms with Gasteiger partial charge in [-0.2, -0.15) is 0 Å². The fourth-order valence-corrected chi connectivity index (χ4v) is 3.73. The van der Waals surface area contributed by atoms with Crippen molar-refractivity contribution in [2.45, 2.75) is 31.7 Å². The molecule has 26 heavy (non-hydrogen) atoms. The van der Waals surface area contributed by atoms with Crippen LogP contribution in [0.2, 0.25) is 0 Å². The van der Waals surface area contributed by atoms with Crippen molar-refractivity contribution in [3.05, 3.63) is 35.6 Å². The molecule has 2 fully saturated rings. The Bertz CT molecular complexity index is 716. The molecule has 4 amide bonds. The summed E-state index contributed by atoms with van der Waals surface area (Å²) in [6.45, 7) is 1.21. The van der Waals surface area contributed by atoms with Crippen LogP contribution in [0, 0.1) is 11.7 Å². The van der Waals surface area contributed by atoms with E-state index in [1.54, 1.807) is 18.0 Å². The van der Waals surface area contributed by atoms with Gasteiger partial charge in [0.2, 0.25) is 5.91 Å². The van der Waals surface area contributed by atoms with E-state index >= 15 is 0 Å². The van der Waals surface area contributed by atoms with Gasteiger partial charge >= 0.3 is 6.03 Å². The zero-order valence-electron chi connectivity index (χ0n) is 15.2. The van der Waals surface area contributed by atoms with Crippen LogP contribution in [0.1, 0.15) is 24.8 Å². The van der Waals surface area contributed by atoms with Crippen LogP contribution in [0.15, 0.2) is 24.3 Å². The molecule has 3 rings (SSSR count). The van der Waals surface area contributed by atoms with Gasteiger partial charge in [0.05, 0.1) is 6.42 Å². The average Bonchev–Trinajstić information content (AvgIpc) is 2.82. The average molecular weight is 361 g/mol. The van der Waals surface area contributed by atoms with Crippen LogP contribution in [0.3, 0.4) is 0 Å². The summed E-state index contributed by atoms with van der Waals surface area (Å²) in [5.41, 5.74) is 0.719. The van der Waals surface area contributed by atoms with E-state index in [1.807, 2.05) is 12.1 Å². The molecule has 1 atom stereocenters. The zero-order chi connectivity index (χ0) is 18.8. The Morgan fingerprint density at radius 2 is 1.81 bits per heavy atom. The molecule has 6 nitrogen and oxygen atoms in total. The molecule has 0 aromatic heterocycles. The highest BCUT2D eigenvalue weighted by atomic mass is 19.1. The molecular formula is C19H24FN3O3. The first-order valence-corrected chi connectivity index (χ1v) is 8.94. The molecule has 2 aliphatic rings. The molecular weight excluding hydrogens is 337 g/mol. The first-order chi connectivity index (χ1) is 12.4. The maximum Gasteiger partial charge on any atom is 0.326 e. The highest BCUT2D eigenvalue weighted by Gasteiger charge is 2.42. The van der Waals surface area contributed by atoms with Crippen LogP contribution in [-0.2, 0) is 16.0 Å². The predicted molar refractivity (Wildman–Crippen MR) is 93.7 cm³/mol. The van der Waals surface area contributed by atoms with Gasteiger partial charge in [0.1, 0.15) is 11.9 Å². The fraction of sp³-hybridized carbons (Fsp3) is 0.526. The second-order valence-electron chi connectivity index (χ2n) is 7.13. The Kier molecular flexibility index (Phi) is 5.25. The Morgan fingerprint density at radius 1 is 1.15 bits per heavy atom. The van der Waals surface area contributed by atoms with Crippen molar-refractivity contribution in [2.75, 3.05) is 27.2 Å². The molecule has 0 saturated carbocycles. The first-order valence-electron chi connectivity index (χ1n) is 8.94. The summed E-state index contributed by atoms with van der Waals surface area (Å²) in [5, 5.41) is 0. The number of nitrogens with zero attached hydrogens (tertiary/aromatic N) is 3. The van der Waals surface area contributed by atoms with Crippen molar-refractivity contribution in [2.24, 2.45) is 5.92 Å². The van der Waals surface area contributed by atoms with Crippen molar-refractivity contribution in [1.29, 1.82) is 0 Å². The number of piperidine rings is 1. The number of likely N-dealkylation sites (tertiary alicyclic amines) is 1. The number of hydrogen-bond donors (Lipinski definition) is 0. The van der Waals surface area contributed by atoms with Crippen LogP contribution >= 0.6 is 0 Å². The van der Waals surface area contributed by atoms with Gasteiger partial charge in [-0.05, 0) is 36.8 Å². The highest BCUT2D eigenvalue weighted by Crippen LogP contribution is 2.24. The van der Waals surface area contributed by atoms with E-state index in [9.17, 15) is 18.8 Å². The van der Waals surface area contributed by atoms with Gasteiger partial charge in [0.15, 0.2) is 0 Å². The monoisotopic (exact) mass is 361 g/mol. The largest absolute Gasteiger partial charge is 0.343 e. The third-order valence-corrected chi connectivity index (χ3v) is 5.47. The van der Waals surface area contributed by atoms with Crippen LogP contribution in [0.5, 0.6) is 0 Å². The maximum atomic E-state index is 13.8. The topological polar surface area (TPSA) is 60.9 Å². The van der Waals surface area contributed by atoms with E-state index in [-0.39, 0.29) is 30.1 Å². The third kappa shape index (κ3) is 3.57. The van der Waals surface area contributed by atoms with Crippen LogP contribution in [0.25, 0.3) is 0 Å². The number of halogens is 1. The smallest absolute Gasteiger partial charge is 0.326 e. The summed E-state index contributed by atoms with van der Waals surface area (Å²) < 4.78 is 13.8. The molecule has 140 valence electrons. The second-order valence-corrected chi connectivity index (χ2v) is 7.13. The number of carbonyl (C=O) groups excluding carboxylic acids is 3. The minimum atomic E-state index is -0.712. The molecule has 1 aromatic carbocycles. The summed E-state index contributed by atoms with van der Waals surface area (Å²) >= 11 is 0. The standard InChI is InChI=1S/C19H24FN3O3/c1-21-16(18(25)22(2)19(21)26)12-17(24)23-9-7-13(8-10-23)11-14-5-3-4-6-15(14)20/h3-6,13,16H,7-12H2,1-2H3. The number of imide groups is 1. The lowest BCUT2D eigenvalue weighted by atomic mass is 9.90. The lowest BCUT2D eigenvalue weighted by molar-refractivity contribution is -0.137. The quantitative estimate of drug-likeness (QED) is 0.770. The lowest BCUT2D eigenvalue weighted by Crippen LogP contribution is -2.43. The number of urea groups is 1. The van der Waals surface area contributed by atoms with Crippen LogP contribution in [-0.4, -0.2) is 65.8 Å². The number of likely N-dealkylation sites (N-methyl/N-ethyl adjacent to an activating group) is 2. The first kappa shape index (κ1) is 18.4. The molecule has 2 aliphatic heterocycles. The van der Waals surface area contributed by atoms with E-state index < -0.39 is 6.04 Å². The number of amides is 4. The number of rotatable bonds is 4. The molecule has 2 heterocycles. The van der Waals surface area contributed by atoms with Gasteiger partial charge in [-0.25, -0.2) is 9.18 Å². The minimum Gasteiger partial charge on any atom is -0.343 e. The number of benzene rings is 1. The molecule has 2 saturated heterocycles. The Balaban J connectivity index is 1.52. The summed E-state index contributed by atoms with van der Waals surface area (Å²) in [7, 11) is 2.97. The normalized spacial score (nSPS) is 21.7. The molecule has 0 bridgehead atoms. The maximum absolute atomic E-state index is 13.8. The molecule has 0 spiro atoms. The van der Waals surface area contributed by atoms with Gasteiger partial charge in [-0.1, -0.05) is 18.2 Å². The van der Waals surface area contributed by atoms with E-state index in [0.717, 1.165) is 23.3 Å². The fourth-order valence-electron chi connectivity index (χ4n) is 3.73. The minimum absolute atomic E-state index is 0.0173. The Morgan fingerprint density at radius 3 is 2.38 bits per heavy atom. The molecule has 7 heteroatoms. The van der Waals surface area contributed by atoms with E-state index in [4.69, 9.17) is 0 Å². The molecule has 1 unspecified atom stereocenters. The van der Waals surface area contributed by atoms with Crippen molar-refractivity contribution in [3.8, 4) is 0 Å². The molecule has 0 aliphatic carbocycles. The van der Waals surface area contributed by atoms with Crippen molar-refractivity contribution in [3.63, 3.8) is 0 Å². The molecule has 0 N–H and O–H groups in total. The van der Waals surface area contributed by atoms with Crippen LogP contribution < -0.4 is 0 Å². The van der Waals surface area contributed by atoms with E-state index in [0.29, 0.717) is 25.4 Å². The highest BCUT2D eigenvalue weighted by molar-refractivity contribution is 6.05. The summed E-state index contributed by atoms with van der Waals surface area (Å²) in [6.07, 6.45) is 2.32. The van der Waals surface area contributed by atoms with E-state index in [1.165, 1.54) is 18.0 Å². The second kappa shape index (κ2) is 7.43. The lowest BCUT2D eigenvalue weighted by Gasteiger charge is -2.33. The summed E-state index contributed by atoms with van der Waals surface area (Å²) in [4.78, 5) is 40.6. The Labute approximate surface area is 152 Å². The summed E-state index contributed by atoms with van der Waals surface area (Å²) in [6, 6.07) is 5.71. The van der Waals surface area contributed by atoms with Gasteiger partial charge in [0.25, 0.3) is 5.91 Å². The Hall–Kier alpha value is -2.44. The van der Waals surface area contributed by atoms with Gasteiger partial charge in [0, 0.05) is 27.2 Å². The third-order valence-electron chi connectivity index (χ3n) is 5.47. The predicted octanol–water partition coefficient (Wildman–Crippen LogP) is 1.89. The van der Waals surface area contributed by atoms with Gasteiger partial charge < -0.3 is 9.80 Å². The SMILES string of the molecule is CN1C(=O)C(CC(=O)N2CCC(Cc3ccccc3F)CC2)N(C)C1=O. The van der Waals surface area contributed by atoms with Crippen molar-refractivity contribution >= 4 is 17.8 Å². The summed E-state index contributed by atoms with van der Waals surface area (Å²) in [5.74, 6) is -0.273. The van der Waals surface area contributed by atoms with Gasteiger partial charge in [-0.15, -0.1) is 0 Å². The van der Waals surface area contributed by atoms with Crippen molar-refractivity contribution < 1.29 is 18.8 Å².